The third-order valence-electron chi connectivity index (χ3n) is 4.22. The van der Waals surface area contributed by atoms with Gasteiger partial charge in [0, 0.05) is 11.6 Å². The standard InChI is InChI=1S/C20H20FN3O3/c1-12(13-4-6-14(21)7-5-13)22-20(25)18-11-17(23-24-18)16-9-8-15(26-2)10-19(16)27-3/h4-12H,1-3H3,(H,22,25)(H,23,24)/t12-/m0/s1. The number of carbonyl (C=O) groups excluding carboxylic acids is 1. The number of hydrogen-bond acceptors (Lipinski definition) is 4. The average molecular weight is 369 g/mol. The summed E-state index contributed by atoms with van der Waals surface area (Å²) in [6.07, 6.45) is 0. The molecule has 0 aliphatic carbocycles. The van der Waals surface area contributed by atoms with Crippen LogP contribution in [-0.4, -0.2) is 30.3 Å². The van der Waals surface area contributed by atoms with E-state index in [1.165, 1.54) is 12.1 Å². The van der Waals surface area contributed by atoms with Crippen LogP contribution in [0.15, 0.2) is 48.5 Å². The molecule has 140 valence electrons. The first-order valence-corrected chi connectivity index (χ1v) is 8.36. The van der Waals surface area contributed by atoms with Gasteiger partial charge in [0.25, 0.3) is 5.91 Å². The molecule has 1 aromatic heterocycles. The van der Waals surface area contributed by atoms with E-state index in [-0.39, 0.29) is 17.8 Å². The van der Waals surface area contributed by atoms with E-state index >= 15 is 0 Å². The highest BCUT2D eigenvalue weighted by molar-refractivity contribution is 5.93. The van der Waals surface area contributed by atoms with E-state index in [1.807, 2.05) is 13.0 Å². The fraction of sp³-hybridized carbons (Fsp3) is 0.200. The molecule has 0 fully saturated rings. The summed E-state index contributed by atoms with van der Waals surface area (Å²) in [6.45, 7) is 1.83. The van der Waals surface area contributed by atoms with E-state index in [1.54, 1.807) is 44.6 Å². The summed E-state index contributed by atoms with van der Waals surface area (Å²) in [7, 11) is 3.14. The zero-order valence-electron chi connectivity index (χ0n) is 15.2. The van der Waals surface area contributed by atoms with Crippen LogP contribution in [0.5, 0.6) is 11.5 Å². The first-order chi connectivity index (χ1) is 13.0. The van der Waals surface area contributed by atoms with Crippen LogP contribution in [0.25, 0.3) is 11.3 Å². The van der Waals surface area contributed by atoms with E-state index in [4.69, 9.17) is 9.47 Å². The van der Waals surface area contributed by atoms with E-state index < -0.39 is 0 Å². The van der Waals surface area contributed by atoms with Crippen LogP contribution in [-0.2, 0) is 0 Å². The molecule has 0 aliphatic heterocycles. The van der Waals surface area contributed by atoms with Crippen molar-refractivity contribution in [1.29, 1.82) is 0 Å². The molecule has 0 unspecified atom stereocenters. The van der Waals surface area contributed by atoms with Crippen molar-refractivity contribution in [3.05, 3.63) is 65.6 Å². The summed E-state index contributed by atoms with van der Waals surface area (Å²) in [6, 6.07) is 12.7. The molecule has 2 N–H and O–H groups in total. The van der Waals surface area contributed by atoms with Gasteiger partial charge in [0.05, 0.1) is 26.0 Å². The average Bonchev–Trinajstić information content (AvgIpc) is 3.18. The second-order valence-electron chi connectivity index (χ2n) is 5.98. The molecule has 2 aromatic carbocycles. The Kier molecular flexibility index (Phi) is 5.40. The predicted octanol–water partition coefficient (Wildman–Crippen LogP) is 3.72. The number of ether oxygens (including phenoxy) is 2. The lowest BCUT2D eigenvalue weighted by atomic mass is 10.1. The van der Waals surface area contributed by atoms with Gasteiger partial charge in [-0.05, 0) is 42.8 Å². The molecule has 0 bridgehead atoms. The Balaban J connectivity index is 1.77. The van der Waals surface area contributed by atoms with E-state index in [2.05, 4.69) is 15.5 Å². The monoisotopic (exact) mass is 369 g/mol. The first kappa shape index (κ1) is 18.4. The van der Waals surface area contributed by atoms with Crippen molar-refractivity contribution < 1.29 is 18.7 Å². The first-order valence-electron chi connectivity index (χ1n) is 8.36. The number of halogens is 1. The van der Waals surface area contributed by atoms with Gasteiger partial charge >= 0.3 is 0 Å². The molecular formula is C20H20FN3O3. The topological polar surface area (TPSA) is 76.2 Å². The number of aromatic nitrogens is 2. The number of H-pyrrole nitrogens is 1. The number of nitrogens with one attached hydrogen (secondary N) is 2. The lowest BCUT2D eigenvalue weighted by Crippen LogP contribution is -2.26. The number of nitrogens with zero attached hydrogens (tertiary/aromatic N) is 1. The lowest BCUT2D eigenvalue weighted by molar-refractivity contribution is 0.0935. The molecule has 0 radical (unpaired) electrons. The van der Waals surface area contributed by atoms with Crippen LogP contribution in [0.2, 0.25) is 0 Å². The SMILES string of the molecule is COc1ccc(-c2cc(C(=O)N[C@@H](C)c3ccc(F)cc3)[nH]n2)c(OC)c1. The molecule has 7 heteroatoms. The van der Waals surface area contributed by atoms with Crippen molar-refractivity contribution in [2.75, 3.05) is 14.2 Å². The normalized spacial score (nSPS) is 11.7. The van der Waals surface area contributed by atoms with Crippen molar-refractivity contribution in [2.24, 2.45) is 0 Å². The van der Waals surface area contributed by atoms with E-state index in [9.17, 15) is 9.18 Å². The molecule has 0 aliphatic rings. The Labute approximate surface area is 156 Å². The summed E-state index contributed by atoms with van der Waals surface area (Å²) in [4.78, 5) is 12.5. The second-order valence-corrected chi connectivity index (χ2v) is 5.98. The molecule has 0 saturated carbocycles. The molecule has 27 heavy (non-hydrogen) atoms. The molecule has 1 heterocycles. The van der Waals surface area contributed by atoms with Gasteiger partial charge in [0.1, 0.15) is 23.0 Å². The van der Waals surface area contributed by atoms with Crippen LogP contribution in [0.3, 0.4) is 0 Å². The maximum atomic E-state index is 13.0. The number of amides is 1. The number of benzene rings is 2. The molecule has 1 atom stereocenters. The van der Waals surface area contributed by atoms with Gasteiger partial charge in [-0.2, -0.15) is 5.10 Å². The second kappa shape index (κ2) is 7.90. The molecule has 6 nitrogen and oxygen atoms in total. The third kappa shape index (κ3) is 4.08. The number of carbonyl (C=O) groups is 1. The highest BCUT2D eigenvalue weighted by Gasteiger charge is 2.16. The Morgan fingerprint density at radius 1 is 1.11 bits per heavy atom. The fourth-order valence-corrected chi connectivity index (χ4v) is 2.70. The molecule has 3 rings (SSSR count). The minimum atomic E-state index is -0.316. The minimum Gasteiger partial charge on any atom is -0.497 e. The molecule has 1 amide bonds. The van der Waals surface area contributed by atoms with Crippen LogP contribution < -0.4 is 14.8 Å². The highest BCUT2D eigenvalue weighted by Crippen LogP contribution is 2.32. The summed E-state index contributed by atoms with van der Waals surface area (Å²) in [5, 5.41) is 9.81. The molecule has 3 aromatic rings. The molecule has 0 saturated heterocycles. The smallest absolute Gasteiger partial charge is 0.269 e. The quantitative estimate of drug-likeness (QED) is 0.694. The van der Waals surface area contributed by atoms with Crippen molar-refractivity contribution >= 4 is 5.91 Å². The largest absolute Gasteiger partial charge is 0.497 e. The van der Waals surface area contributed by atoms with Crippen molar-refractivity contribution in [3.63, 3.8) is 0 Å². The van der Waals surface area contributed by atoms with Gasteiger partial charge in [-0.15, -0.1) is 0 Å². The van der Waals surface area contributed by atoms with Crippen molar-refractivity contribution in [1.82, 2.24) is 15.5 Å². The van der Waals surface area contributed by atoms with Gasteiger partial charge in [0.2, 0.25) is 0 Å². The number of aromatic amines is 1. The Morgan fingerprint density at radius 2 is 1.85 bits per heavy atom. The van der Waals surface area contributed by atoms with Gasteiger partial charge in [-0.25, -0.2) is 4.39 Å². The van der Waals surface area contributed by atoms with E-state index in [0.29, 0.717) is 22.9 Å². The van der Waals surface area contributed by atoms with Crippen molar-refractivity contribution in [3.8, 4) is 22.8 Å². The Bertz CT molecular complexity index is 938. The zero-order chi connectivity index (χ0) is 19.4. The number of hydrogen-bond donors (Lipinski definition) is 2. The van der Waals surface area contributed by atoms with Gasteiger partial charge in [-0.1, -0.05) is 12.1 Å². The van der Waals surface area contributed by atoms with Gasteiger partial charge in [-0.3, -0.25) is 9.89 Å². The highest BCUT2D eigenvalue weighted by atomic mass is 19.1. The number of methoxy groups -OCH3 is 2. The maximum absolute atomic E-state index is 13.0. The molecule has 0 spiro atoms. The zero-order valence-corrected chi connectivity index (χ0v) is 15.2. The summed E-state index contributed by atoms with van der Waals surface area (Å²) in [5.41, 5.74) is 2.44. The Morgan fingerprint density at radius 3 is 2.52 bits per heavy atom. The minimum absolute atomic E-state index is 0.277. The summed E-state index contributed by atoms with van der Waals surface area (Å²) in [5.74, 6) is 0.631. The van der Waals surface area contributed by atoms with Crippen LogP contribution in [0.1, 0.15) is 29.0 Å². The van der Waals surface area contributed by atoms with Crippen LogP contribution in [0, 0.1) is 5.82 Å². The lowest BCUT2D eigenvalue weighted by Gasteiger charge is -2.13. The third-order valence-corrected chi connectivity index (χ3v) is 4.22. The summed E-state index contributed by atoms with van der Waals surface area (Å²) < 4.78 is 23.6. The maximum Gasteiger partial charge on any atom is 0.269 e. The van der Waals surface area contributed by atoms with Crippen LogP contribution >= 0.6 is 0 Å². The van der Waals surface area contributed by atoms with Gasteiger partial charge in [0.15, 0.2) is 0 Å². The molecular weight excluding hydrogens is 349 g/mol. The fourth-order valence-electron chi connectivity index (χ4n) is 2.70. The van der Waals surface area contributed by atoms with E-state index in [0.717, 1.165) is 11.1 Å². The van der Waals surface area contributed by atoms with Crippen molar-refractivity contribution in [2.45, 2.75) is 13.0 Å². The Hall–Kier alpha value is -3.35. The van der Waals surface area contributed by atoms with Gasteiger partial charge < -0.3 is 14.8 Å². The number of rotatable bonds is 6. The predicted molar refractivity (Wildman–Crippen MR) is 99.4 cm³/mol. The van der Waals surface area contributed by atoms with Crippen LogP contribution in [0.4, 0.5) is 4.39 Å². The summed E-state index contributed by atoms with van der Waals surface area (Å²) >= 11 is 0.